The summed E-state index contributed by atoms with van der Waals surface area (Å²) in [6.07, 6.45) is 1.90. The summed E-state index contributed by atoms with van der Waals surface area (Å²) in [5, 5.41) is 0. The second-order valence-electron chi connectivity index (χ2n) is 3.03. The molecule has 0 heterocycles. The predicted molar refractivity (Wildman–Crippen MR) is 58.9 cm³/mol. The van der Waals surface area contributed by atoms with Gasteiger partial charge in [-0.25, -0.2) is 8.78 Å². The van der Waals surface area contributed by atoms with Gasteiger partial charge in [0, 0.05) is 10.0 Å². The van der Waals surface area contributed by atoms with Crippen molar-refractivity contribution < 1.29 is 8.78 Å². The molecule has 0 spiro atoms. The van der Waals surface area contributed by atoms with Gasteiger partial charge in [-0.3, -0.25) is 11.3 Å². The smallest absolute Gasteiger partial charge is 0.132 e. The number of benzene rings is 1. The molecule has 0 bridgehead atoms. The van der Waals surface area contributed by atoms with Crippen LogP contribution in [0.15, 0.2) is 29.3 Å². The maximum Gasteiger partial charge on any atom is 0.132 e. The van der Waals surface area contributed by atoms with Crippen molar-refractivity contribution in [3.8, 4) is 0 Å². The van der Waals surface area contributed by atoms with E-state index < -0.39 is 17.7 Å². The molecule has 0 fully saturated rings. The summed E-state index contributed by atoms with van der Waals surface area (Å²) in [6, 6.07) is 1.80. The average molecular weight is 277 g/mol. The molecular formula is C10H11BrF2N2. The van der Waals surface area contributed by atoms with E-state index in [0.29, 0.717) is 10.9 Å². The molecule has 0 amide bonds. The second-order valence-corrected chi connectivity index (χ2v) is 3.94. The highest BCUT2D eigenvalue weighted by Crippen LogP contribution is 2.26. The topological polar surface area (TPSA) is 38.0 Å². The molecule has 0 saturated carbocycles. The van der Waals surface area contributed by atoms with E-state index in [2.05, 4.69) is 27.9 Å². The molecule has 15 heavy (non-hydrogen) atoms. The lowest BCUT2D eigenvalue weighted by Crippen LogP contribution is -2.29. The van der Waals surface area contributed by atoms with E-state index in [1.807, 2.05) is 0 Å². The van der Waals surface area contributed by atoms with E-state index in [1.165, 1.54) is 12.1 Å². The lowest BCUT2D eigenvalue weighted by atomic mass is 10.0. The first-order valence-electron chi connectivity index (χ1n) is 4.31. The van der Waals surface area contributed by atoms with E-state index in [9.17, 15) is 8.78 Å². The molecule has 1 atom stereocenters. The van der Waals surface area contributed by atoms with E-state index in [-0.39, 0.29) is 5.56 Å². The second kappa shape index (κ2) is 5.34. The van der Waals surface area contributed by atoms with Gasteiger partial charge in [-0.15, -0.1) is 6.58 Å². The standard InChI is InChI=1S/C10H11BrF2N2/c1-2-3-9(15-14)10-7(12)4-6(11)5-8(10)13/h2,4-5,9,15H,1,3,14H2. The monoisotopic (exact) mass is 276 g/mol. The van der Waals surface area contributed by atoms with Crippen molar-refractivity contribution in [3.05, 3.63) is 46.5 Å². The summed E-state index contributed by atoms with van der Waals surface area (Å²) in [6.45, 7) is 3.50. The van der Waals surface area contributed by atoms with Crippen LogP contribution in [0.5, 0.6) is 0 Å². The van der Waals surface area contributed by atoms with Crippen molar-refractivity contribution in [2.75, 3.05) is 0 Å². The highest BCUT2D eigenvalue weighted by atomic mass is 79.9. The molecule has 5 heteroatoms. The minimum atomic E-state index is -0.633. The van der Waals surface area contributed by atoms with Crippen LogP contribution < -0.4 is 11.3 Å². The largest absolute Gasteiger partial charge is 0.271 e. The third-order valence-corrected chi connectivity index (χ3v) is 2.45. The zero-order valence-electron chi connectivity index (χ0n) is 7.93. The molecule has 0 aliphatic heterocycles. The summed E-state index contributed by atoms with van der Waals surface area (Å²) in [5.74, 6) is 3.96. The van der Waals surface area contributed by atoms with Crippen LogP contribution in [0.25, 0.3) is 0 Å². The Morgan fingerprint density at radius 3 is 2.40 bits per heavy atom. The van der Waals surface area contributed by atoms with Gasteiger partial charge in [-0.2, -0.15) is 0 Å². The van der Waals surface area contributed by atoms with Gasteiger partial charge in [0.05, 0.1) is 6.04 Å². The molecule has 0 aliphatic rings. The quantitative estimate of drug-likeness (QED) is 0.504. The van der Waals surface area contributed by atoms with Crippen LogP contribution in [-0.4, -0.2) is 0 Å². The molecule has 1 aromatic rings. The summed E-state index contributed by atoms with van der Waals surface area (Å²) >= 11 is 3.01. The first-order valence-corrected chi connectivity index (χ1v) is 5.11. The van der Waals surface area contributed by atoms with Crippen molar-refractivity contribution in [3.63, 3.8) is 0 Å². The zero-order valence-corrected chi connectivity index (χ0v) is 9.52. The highest BCUT2D eigenvalue weighted by Gasteiger charge is 2.18. The maximum atomic E-state index is 13.5. The van der Waals surface area contributed by atoms with Gasteiger partial charge in [-0.1, -0.05) is 22.0 Å². The Hall–Kier alpha value is -0.780. The normalized spacial score (nSPS) is 12.5. The minimum absolute atomic E-state index is 0.0689. The molecule has 1 aromatic carbocycles. The number of nitrogens with two attached hydrogens (primary N) is 1. The van der Waals surface area contributed by atoms with Crippen molar-refractivity contribution in [1.29, 1.82) is 0 Å². The molecule has 1 unspecified atom stereocenters. The zero-order chi connectivity index (χ0) is 11.4. The van der Waals surface area contributed by atoms with Crippen LogP contribution in [0, 0.1) is 11.6 Å². The summed E-state index contributed by atoms with van der Waals surface area (Å²) in [7, 11) is 0. The Morgan fingerprint density at radius 2 is 2.00 bits per heavy atom. The Balaban J connectivity index is 3.16. The summed E-state index contributed by atoms with van der Waals surface area (Å²) < 4.78 is 27.3. The third kappa shape index (κ3) is 2.84. The number of hydrazine groups is 1. The number of halogens is 3. The molecule has 0 radical (unpaired) electrons. The molecule has 0 aliphatic carbocycles. The SMILES string of the molecule is C=CCC(NN)c1c(F)cc(Br)cc1F. The van der Waals surface area contributed by atoms with Crippen LogP contribution in [0.1, 0.15) is 18.0 Å². The maximum absolute atomic E-state index is 13.5. The van der Waals surface area contributed by atoms with Crippen molar-refractivity contribution in [2.24, 2.45) is 5.84 Å². The average Bonchev–Trinajstić information content (AvgIpc) is 2.14. The molecule has 1 rings (SSSR count). The molecule has 2 nitrogen and oxygen atoms in total. The third-order valence-electron chi connectivity index (χ3n) is 2.00. The lowest BCUT2D eigenvalue weighted by Gasteiger charge is -2.16. The molecule has 3 N–H and O–H groups in total. The Labute approximate surface area is 95.3 Å². The fourth-order valence-electron chi connectivity index (χ4n) is 1.32. The Bertz CT molecular complexity index is 345. The van der Waals surface area contributed by atoms with Gasteiger partial charge in [0.25, 0.3) is 0 Å². The van der Waals surface area contributed by atoms with Crippen LogP contribution in [0.2, 0.25) is 0 Å². The number of rotatable bonds is 4. The first-order chi connectivity index (χ1) is 7.10. The highest BCUT2D eigenvalue weighted by molar-refractivity contribution is 9.10. The van der Waals surface area contributed by atoms with Gasteiger partial charge in [0.15, 0.2) is 0 Å². The van der Waals surface area contributed by atoms with Gasteiger partial charge >= 0.3 is 0 Å². The van der Waals surface area contributed by atoms with Crippen molar-refractivity contribution >= 4 is 15.9 Å². The fourth-order valence-corrected chi connectivity index (χ4v) is 1.72. The van der Waals surface area contributed by atoms with Crippen LogP contribution in [0.3, 0.4) is 0 Å². The molecule has 0 aromatic heterocycles. The Kier molecular flexibility index (Phi) is 4.38. The van der Waals surface area contributed by atoms with E-state index in [0.717, 1.165) is 0 Å². The summed E-state index contributed by atoms with van der Waals surface area (Å²) in [5.41, 5.74) is 2.28. The number of hydrogen-bond acceptors (Lipinski definition) is 2. The van der Waals surface area contributed by atoms with Gasteiger partial charge < -0.3 is 0 Å². The molecular weight excluding hydrogens is 266 g/mol. The van der Waals surface area contributed by atoms with Gasteiger partial charge in [0.2, 0.25) is 0 Å². The van der Waals surface area contributed by atoms with E-state index in [4.69, 9.17) is 5.84 Å². The first kappa shape index (κ1) is 12.3. The van der Waals surface area contributed by atoms with Gasteiger partial charge in [0.1, 0.15) is 11.6 Å². The number of nitrogens with one attached hydrogen (secondary N) is 1. The van der Waals surface area contributed by atoms with E-state index >= 15 is 0 Å². The molecule has 82 valence electrons. The van der Waals surface area contributed by atoms with Crippen LogP contribution in [0.4, 0.5) is 8.78 Å². The van der Waals surface area contributed by atoms with Gasteiger partial charge in [-0.05, 0) is 18.6 Å². The number of hydrogen-bond donors (Lipinski definition) is 2. The predicted octanol–water partition coefficient (Wildman–Crippen LogP) is 2.81. The van der Waals surface area contributed by atoms with Crippen molar-refractivity contribution in [2.45, 2.75) is 12.5 Å². The van der Waals surface area contributed by atoms with Crippen molar-refractivity contribution in [1.82, 2.24) is 5.43 Å². The van der Waals surface area contributed by atoms with Crippen LogP contribution >= 0.6 is 15.9 Å². The van der Waals surface area contributed by atoms with Crippen LogP contribution in [-0.2, 0) is 0 Å². The molecule has 0 saturated heterocycles. The van der Waals surface area contributed by atoms with E-state index in [1.54, 1.807) is 6.08 Å². The Morgan fingerprint density at radius 1 is 1.47 bits per heavy atom. The lowest BCUT2D eigenvalue weighted by molar-refractivity contribution is 0.477. The summed E-state index contributed by atoms with van der Waals surface area (Å²) in [4.78, 5) is 0. The fraction of sp³-hybridized carbons (Fsp3) is 0.200. The minimum Gasteiger partial charge on any atom is -0.271 e.